The lowest BCUT2D eigenvalue weighted by atomic mass is 9.77. The first-order chi connectivity index (χ1) is 8.38. The Morgan fingerprint density at radius 1 is 0.944 bits per heavy atom. The highest BCUT2D eigenvalue weighted by atomic mass is 19.4. The monoisotopic (exact) mass is 256 g/mol. The van der Waals surface area contributed by atoms with E-state index in [4.69, 9.17) is 10.0 Å². The molecule has 0 fully saturated rings. The summed E-state index contributed by atoms with van der Waals surface area (Å²) >= 11 is 0. The van der Waals surface area contributed by atoms with Crippen LogP contribution in [-0.2, 0) is 0 Å². The lowest BCUT2D eigenvalue weighted by Gasteiger charge is -2.13. The molecule has 0 aromatic heterocycles. The molecule has 7 heteroatoms. The number of hydrogen-bond donors (Lipinski definition) is 2. The van der Waals surface area contributed by atoms with E-state index in [2.05, 4.69) is 4.74 Å². The van der Waals surface area contributed by atoms with E-state index >= 15 is 0 Å². The van der Waals surface area contributed by atoms with E-state index in [1.807, 2.05) is 0 Å². The number of hydrogen-bond acceptors (Lipinski definition) is 3. The number of halogens is 3. The normalized spacial score (nSPS) is 11.6. The van der Waals surface area contributed by atoms with E-state index in [0.717, 1.165) is 6.07 Å². The predicted octanol–water partition coefficient (Wildman–Crippen LogP) is 1.42. The molecule has 3 nitrogen and oxygen atoms in total. The van der Waals surface area contributed by atoms with Gasteiger partial charge in [-0.05, 0) is 16.9 Å². The molecular formula is C11H8BF3O3. The Labute approximate surface area is 101 Å². The third-order valence-electron chi connectivity index (χ3n) is 2.42. The van der Waals surface area contributed by atoms with Crippen molar-refractivity contribution < 1.29 is 28.0 Å². The van der Waals surface area contributed by atoms with Gasteiger partial charge >= 0.3 is 13.5 Å². The lowest BCUT2D eigenvalue weighted by molar-refractivity contribution is -0.274. The first kappa shape index (κ1) is 12.7. The van der Waals surface area contributed by atoms with Crippen LogP contribution in [0.3, 0.4) is 0 Å². The van der Waals surface area contributed by atoms with Gasteiger partial charge in [-0.3, -0.25) is 0 Å². The Morgan fingerprint density at radius 3 is 2.11 bits per heavy atom. The number of benzene rings is 2. The van der Waals surface area contributed by atoms with Gasteiger partial charge in [0.1, 0.15) is 5.75 Å². The summed E-state index contributed by atoms with van der Waals surface area (Å²) in [5.74, 6) is -0.373. The predicted molar refractivity (Wildman–Crippen MR) is 60.5 cm³/mol. The lowest BCUT2D eigenvalue weighted by Crippen LogP contribution is -2.30. The Kier molecular flexibility index (Phi) is 3.19. The molecule has 0 saturated heterocycles. The van der Waals surface area contributed by atoms with E-state index in [0.29, 0.717) is 5.39 Å². The smallest absolute Gasteiger partial charge is 0.423 e. The van der Waals surface area contributed by atoms with E-state index in [1.165, 1.54) is 18.2 Å². The van der Waals surface area contributed by atoms with Crippen molar-refractivity contribution in [3.05, 3.63) is 36.4 Å². The van der Waals surface area contributed by atoms with Crippen molar-refractivity contribution in [1.29, 1.82) is 0 Å². The zero-order valence-electron chi connectivity index (χ0n) is 8.98. The molecule has 94 valence electrons. The molecule has 0 heterocycles. The van der Waals surface area contributed by atoms with Crippen molar-refractivity contribution in [2.45, 2.75) is 6.36 Å². The first-order valence-electron chi connectivity index (χ1n) is 5.02. The highest BCUT2D eigenvalue weighted by molar-refractivity contribution is 6.62. The number of rotatable bonds is 2. The fourth-order valence-corrected chi connectivity index (χ4v) is 1.73. The fraction of sp³-hybridized carbons (Fsp3) is 0.0909. The minimum atomic E-state index is -4.79. The molecule has 0 aliphatic carbocycles. The van der Waals surface area contributed by atoms with E-state index in [-0.39, 0.29) is 16.6 Å². The van der Waals surface area contributed by atoms with Crippen LogP contribution in [0.4, 0.5) is 13.2 Å². The topological polar surface area (TPSA) is 49.7 Å². The summed E-state index contributed by atoms with van der Waals surface area (Å²) < 4.78 is 40.5. The number of alkyl halides is 3. The molecule has 0 aliphatic heterocycles. The second-order valence-electron chi connectivity index (χ2n) is 3.62. The second-order valence-corrected chi connectivity index (χ2v) is 3.62. The first-order valence-corrected chi connectivity index (χ1v) is 5.02. The third-order valence-corrected chi connectivity index (χ3v) is 2.42. The molecule has 0 aliphatic rings. The Bertz CT molecular complexity index is 569. The molecule has 2 N–H and O–H groups in total. The molecule has 0 amide bonds. The molecule has 2 rings (SSSR count). The molecule has 0 unspecified atom stereocenters. The van der Waals surface area contributed by atoms with Crippen LogP contribution in [-0.4, -0.2) is 23.5 Å². The van der Waals surface area contributed by atoms with Crippen molar-refractivity contribution in [2.75, 3.05) is 0 Å². The fourth-order valence-electron chi connectivity index (χ4n) is 1.73. The van der Waals surface area contributed by atoms with Gasteiger partial charge in [-0.2, -0.15) is 0 Å². The van der Waals surface area contributed by atoms with Crippen molar-refractivity contribution in [1.82, 2.24) is 0 Å². The van der Waals surface area contributed by atoms with Gasteiger partial charge < -0.3 is 14.8 Å². The van der Waals surface area contributed by atoms with Crippen molar-refractivity contribution in [2.24, 2.45) is 0 Å². The summed E-state index contributed by atoms with van der Waals surface area (Å²) in [5.41, 5.74) is 0.125. The zero-order chi connectivity index (χ0) is 13.3. The highest BCUT2D eigenvalue weighted by Crippen LogP contribution is 2.29. The van der Waals surface area contributed by atoms with Crippen LogP contribution in [0, 0.1) is 0 Å². The maximum absolute atomic E-state index is 12.2. The molecular weight excluding hydrogens is 248 g/mol. The minimum Gasteiger partial charge on any atom is -0.423 e. The molecule has 0 spiro atoms. The SMILES string of the molecule is OB(O)c1ccc(OC(F)(F)F)c2ccccc12. The average molecular weight is 256 g/mol. The third kappa shape index (κ3) is 2.57. The van der Waals surface area contributed by atoms with Gasteiger partial charge in [-0.1, -0.05) is 30.3 Å². The van der Waals surface area contributed by atoms with Crippen molar-refractivity contribution in [3.63, 3.8) is 0 Å². The molecule has 0 atom stereocenters. The van der Waals surface area contributed by atoms with Gasteiger partial charge in [0.05, 0.1) is 0 Å². The summed E-state index contributed by atoms with van der Waals surface area (Å²) in [6.45, 7) is 0. The van der Waals surface area contributed by atoms with Crippen LogP contribution < -0.4 is 10.2 Å². The Morgan fingerprint density at radius 2 is 1.56 bits per heavy atom. The molecule has 0 saturated carbocycles. The number of fused-ring (bicyclic) bond motifs is 1. The zero-order valence-corrected chi connectivity index (χ0v) is 8.98. The molecule has 0 radical (unpaired) electrons. The summed E-state index contributed by atoms with van der Waals surface area (Å²) in [5, 5.41) is 18.7. The Balaban J connectivity index is 2.61. The van der Waals surface area contributed by atoms with Gasteiger partial charge in [0.25, 0.3) is 0 Å². The molecule has 2 aromatic carbocycles. The maximum Gasteiger partial charge on any atom is 0.573 e. The van der Waals surface area contributed by atoms with Crippen LogP contribution in [0.2, 0.25) is 0 Å². The maximum atomic E-state index is 12.2. The minimum absolute atomic E-state index is 0.125. The largest absolute Gasteiger partial charge is 0.573 e. The van der Waals surface area contributed by atoms with E-state index in [9.17, 15) is 13.2 Å². The van der Waals surface area contributed by atoms with Crippen molar-refractivity contribution in [3.8, 4) is 5.75 Å². The average Bonchev–Trinajstić information content (AvgIpc) is 2.27. The van der Waals surface area contributed by atoms with Gasteiger partial charge in [-0.15, -0.1) is 13.2 Å². The van der Waals surface area contributed by atoms with Crippen LogP contribution in [0.5, 0.6) is 5.75 Å². The highest BCUT2D eigenvalue weighted by Gasteiger charge is 2.32. The molecule has 0 bridgehead atoms. The summed E-state index contributed by atoms with van der Waals surface area (Å²) in [6, 6.07) is 8.29. The van der Waals surface area contributed by atoms with Crippen LogP contribution in [0.15, 0.2) is 36.4 Å². The second kappa shape index (κ2) is 4.51. The summed E-state index contributed by atoms with van der Waals surface area (Å²) in [7, 11) is -1.75. The van der Waals surface area contributed by atoms with Crippen LogP contribution >= 0.6 is 0 Å². The molecule has 2 aromatic rings. The Hall–Kier alpha value is -1.73. The standard InChI is InChI=1S/C11H8BF3O3/c13-11(14,15)18-10-6-5-9(12(16)17)7-3-1-2-4-8(7)10/h1-6,16-17H. The van der Waals surface area contributed by atoms with Gasteiger partial charge in [0.2, 0.25) is 0 Å². The van der Waals surface area contributed by atoms with E-state index in [1.54, 1.807) is 12.1 Å². The summed E-state index contributed by atoms with van der Waals surface area (Å²) in [6.07, 6.45) is -4.79. The van der Waals surface area contributed by atoms with Gasteiger partial charge in [0, 0.05) is 5.39 Å². The van der Waals surface area contributed by atoms with Crippen LogP contribution in [0.25, 0.3) is 10.8 Å². The summed E-state index contributed by atoms with van der Waals surface area (Å²) in [4.78, 5) is 0. The van der Waals surface area contributed by atoms with Crippen molar-refractivity contribution >= 4 is 23.4 Å². The van der Waals surface area contributed by atoms with Gasteiger partial charge in [0.15, 0.2) is 0 Å². The van der Waals surface area contributed by atoms with E-state index < -0.39 is 13.5 Å². The quantitative estimate of drug-likeness (QED) is 0.799. The van der Waals surface area contributed by atoms with Gasteiger partial charge in [-0.25, -0.2) is 0 Å². The van der Waals surface area contributed by atoms with Crippen LogP contribution in [0.1, 0.15) is 0 Å². The molecule has 18 heavy (non-hydrogen) atoms. The number of ether oxygens (including phenoxy) is 1.